The maximum atomic E-state index is 11.5. The van der Waals surface area contributed by atoms with Crippen LogP contribution in [-0.4, -0.2) is 53.6 Å². The zero-order valence-corrected chi connectivity index (χ0v) is 19.1. The second kappa shape index (κ2) is 11.9. The van der Waals surface area contributed by atoms with Gasteiger partial charge in [-0.3, -0.25) is 9.69 Å². The van der Waals surface area contributed by atoms with E-state index in [0.29, 0.717) is 19.4 Å². The number of aromatic nitrogens is 2. The average Bonchev–Trinajstić information content (AvgIpc) is 2.72. The van der Waals surface area contributed by atoms with Gasteiger partial charge in [0.25, 0.3) is 0 Å². The second-order valence-electron chi connectivity index (χ2n) is 7.69. The minimum Gasteiger partial charge on any atom is -0.465 e. The monoisotopic (exact) mass is 432 g/mol. The molecule has 2 aromatic rings. The Labute approximate surface area is 186 Å². The van der Waals surface area contributed by atoms with Gasteiger partial charge in [0.05, 0.1) is 6.61 Å². The van der Waals surface area contributed by atoms with E-state index in [1.54, 1.807) is 6.20 Å². The van der Waals surface area contributed by atoms with Crippen molar-refractivity contribution in [2.45, 2.75) is 46.6 Å². The molecular weight excluding hydrogens is 400 g/mol. The van der Waals surface area contributed by atoms with Gasteiger partial charge in [-0.25, -0.2) is 9.97 Å². The van der Waals surface area contributed by atoms with Crippen molar-refractivity contribution < 1.29 is 9.53 Å². The predicted molar refractivity (Wildman–Crippen MR) is 122 cm³/mol. The summed E-state index contributed by atoms with van der Waals surface area (Å²) in [5, 5.41) is 0. The number of rotatable bonds is 8. The van der Waals surface area contributed by atoms with Crippen LogP contribution in [0.15, 0.2) is 30.5 Å². The van der Waals surface area contributed by atoms with Crippen molar-refractivity contribution in [2.75, 3.05) is 37.7 Å². The quantitative estimate of drug-likeness (QED) is 0.592. The zero-order valence-electron chi connectivity index (χ0n) is 18.3. The van der Waals surface area contributed by atoms with Crippen LogP contribution in [0, 0.1) is 13.8 Å². The molecule has 1 aliphatic rings. The Morgan fingerprint density at radius 2 is 1.80 bits per heavy atom. The molecule has 3 rings (SSSR count). The lowest BCUT2D eigenvalue weighted by molar-refractivity contribution is -0.143. The van der Waals surface area contributed by atoms with Gasteiger partial charge in [-0.1, -0.05) is 25.1 Å². The molecule has 0 bridgehead atoms. The number of piperazine rings is 1. The highest BCUT2D eigenvalue weighted by Crippen LogP contribution is 2.19. The van der Waals surface area contributed by atoms with Crippen molar-refractivity contribution in [3.8, 4) is 0 Å². The van der Waals surface area contributed by atoms with Crippen molar-refractivity contribution in [2.24, 2.45) is 0 Å². The summed E-state index contributed by atoms with van der Waals surface area (Å²) in [5.74, 6) is 1.54. The molecule has 0 amide bonds. The number of halogens is 1. The number of anilines is 1. The number of hydrogen-bond donors (Lipinski definition) is 0. The minimum absolute atomic E-state index is 0. The summed E-state index contributed by atoms with van der Waals surface area (Å²) in [6.07, 6.45) is 3.62. The first-order valence-corrected chi connectivity index (χ1v) is 10.6. The number of carbonyl (C=O) groups is 1. The Bertz CT molecular complexity index is 802. The third-order valence-corrected chi connectivity index (χ3v) is 5.46. The van der Waals surface area contributed by atoms with Crippen molar-refractivity contribution in [3.05, 3.63) is 53.0 Å². The molecule has 0 saturated carbocycles. The summed E-state index contributed by atoms with van der Waals surface area (Å²) in [7, 11) is 0. The van der Waals surface area contributed by atoms with Crippen LogP contribution in [-0.2, 0) is 22.5 Å². The zero-order chi connectivity index (χ0) is 20.6. The number of aryl methyl sites for hydroxylation is 2. The van der Waals surface area contributed by atoms with Crippen LogP contribution in [0.5, 0.6) is 0 Å². The third-order valence-electron chi connectivity index (χ3n) is 5.46. The molecule has 0 spiro atoms. The van der Waals surface area contributed by atoms with E-state index in [9.17, 15) is 4.79 Å². The lowest BCUT2D eigenvalue weighted by atomic mass is 10.0. The molecule has 0 unspecified atom stereocenters. The largest absolute Gasteiger partial charge is 0.465 e. The van der Waals surface area contributed by atoms with Crippen LogP contribution in [0.1, 0.15) is 42.3 Å². The van der Waals surface area contributed by atoms with Crippen LogP contribution < -0.4 is 4.90 Å². The second-order valence-corrected chi connectivity index (χ2v) is 7.69. The molecule has 2 heterocycles. The topological polar surface area (TPSA) is 58.6 Å². The van der Waals surface area contributed by atoms with Crippen LogP contribution in [0.25, 0.3) is 0 Å². The Hall–Kier alpha value is -2.18. The van der Waals surface area contributed by atoms with Crippen molar-refractivity contribution >= 4 is 24.2 Å². The summed E-state index contributed by atoms with van der Waals surface area (Å²) in [6, 6.07) is 8.48. The Morgan fingerprint density at radius 1 is 1.10 bits per heavy atom. The van der Waals surface area contributed by atoms with Gasteiger partial charge in [0.15, 0.2) is 0 Å². The van der Waals surface area contributed by atoms with Gasteiger partial charge < -0.3 is 9.64 Å². The van der Waals surface area contributed by atoms with Gasteiger partial charge in [0.2, 0.25) is 0 Å². The highest BCUT2D eigenvalue weighted by molar-refractivity contribution is 5.85. The molecule has 0 radical (unpaired) electrons. The van der Waals surface area contributed by atoms with Crippen LogP contribution in [0.3, 0.4) is 0 Å². The fourth-order valence-electron chi connectivity index (χ4n) is 3.67. The smallest absolute Gasteiger partial charge is 0.305 e. The van der Waals surface area contributed by atoms with E-state index in [-0.39, 0.29) is 18.4 Å². The maximum absolute atomic E-state index is 11.5. The number of carbonyl (C=O) groups excluding carboxylic acids is 1. The summed E-state index contributed by atoms with van der Waals surface area (Å²) < 4.78 is 5.22. The first kappa shape index (κ1) is 24.1. The summed E-state index contributed by atoms with van der Waals surface area (Å²) in [6.45, 7) is 11.6. The molecule has 0 atom stereocenters. The standard InChI is InChI=1S/C23H32N4O2.ClH/c1-4-6-23(28)29-16-10-21-24-11-9-22(25-21)27-14-12-26(13-15-27)17-20-18(2)7-5-8-19(20)3;/h5,7-9,11H,4,6,10,12-17H2,1-3H3;1H. The number of esters is 1. The van der Waals surface area contributed by atoms with Gasteiger partial charge in [0, 0.05) is 51.8 Å². The molecule has 1 fully saturated rings. The fraction of sp³-hybridized carbons (Fsp3) is 0.522. The molecule has 30 heavy (non-hydrogen) atoms. The normalized spacial score (nSPS) is 14.3. The summed E-state index contributed by atoms with van der Waals surface area (Å²) >= 11 is 0. The highest BCUT2D eigenvalue weighted by Gasteiger charge is 2.19. The first-order valence-electron chi connectivity index (χ1n) is 10.6. The summed E-state index contributed by atoms with van der Waals surface area (Å²) in [4.78, 5) is 25.3. The van der Waals surface area contributed by atoms with Crippen molar-refractivity contribution in [1.29, 1.82) is 0 Å². The van der Waals surface area contributed by atoms with E-state index in [4.69, 9.17) is 4.74 Å². The molecule has 7 heteroatoms. The van der Waals surface area contributed by atoms with E-state index in [1.807, 2.05) is 13.0 Å². The Kier molecular flexibility index (Phi) is 9.53. The first-order chi connectivity index (χ1) is 14.1. The van der Waals surface area contributed by atoms with E-state index < -0.39 is 0 Å². The average molecular weight is 433 g/mol. The fourth-order valence-corrected chi connectivity index (χ4v) is 3.67. The molecule has 164 valence electrons. The number of nitrogens with zero attached hydrogens (tertiary/aromatic N) is 4. The third kappa shape index (κ3) is 6.67. The van der Waals surface area contributed by atoms with Gasteiger partial charge in [-0.15, -0.1) is 12.4 Å². The number of benzene rings is 1. The number of hydrogen-bond acceptors (Lipinski definition) is 6. The van der Waals surface area contributed by atoms with Crippen molar-refractivity contribution in [3.63, 3.8) is 0 Å². The van der Waals surface area contributed by atoms with E-state index in [2.05, 4.69) is 51.8 Å². The van der Waals surface area contributed by atoms with Gasteiger partial charge in [0.1, 0.15) is 11.6 Å². The Morgan fingerprint density at radius 3 is 2.47 bits per heavy atom. The molecule has 0 aliphatic carbocycles. The highest BCUT2D eigenvalue weighted by atomic mass is 35.5. The van der Waals surface area contributed by atoms with E-state index in [1.165, 1.54) is 16.7 Å². The molecule has 1 aliphatic heterocycles. The molecule has 1 aromatic carbocycles. The van der Waals surface area contributed by atoms with Gasteiger partial charge in [-0.2, -0.15) is 0 Å². The lowest BCUT2D eigenvalue weighted by Gasteiger charge is -2.36. The molecule has 1 saturated heterocycles. The SMILES string of the molecule is CCCC(=O)OCCc1nccc(N2CCN(Cc3c(C)cccc3C)CC2)n1.Cl. The van der Waals surface area contributed by atoms with Gasteiger partial charge in [-0.05, 0) is 43.0 Å². The minimum atomic E-state index is -0.149. The molecule has 1 aromatic heterocycles. The Balaban J connectivity index is 0.00000320. The molecule has 0 N–H and O–H groups in total. The maximum Gasteiger partial charge on any atom is 0.305 e. The van der Waals surface area contributed by atoms with E-state index in [0.717, 1.165) is 50.8 Å². The lowest BCUT2D eigenvalue weighted by Crippen LogP contribution is -2.46. The summed E-state index contributed by atoms with van der Waals surface area (Å²) in [5.41, 5.74) is 4.18. The number of ether oxygens (including phenoxy) is 1. The van der Waals surface area contributed by atoms with Crippen LogP contribution in [0.2, 0.25) is 0 Å². The van der Waals surface area contributed by atoms with Crippen molar-refractivity contribution in [1.82, 2.24) is 14.9 Å². The van der Waals surface area contributed by atoms with Gasteiger partial charge >= 0.3 is 5.97 Å². The molecular formula is C23H33ClN4O2. The van der Waals surface area contributed by atoms with Crippen LogP contribution >= 0.6 is 12.4 Å². The molecule has 6 nitrogen and oxygen atoms in total. The van der Waals surface area contributed by atoms with Crippen LogP contribution in [0.4, 0.5) is 5.82 Å². The predicted octanol–water partition coefficient (Wildman–Crippen LogP) is 3.72. The van der Waals surface area contributed by atoms with E-state index >= 15 is 0 Å².